The van der Waals surface area contributed by atoms with Gasteiger partial charge in [-0.25, -0.2) is 4.98 Å². The van der Waals surface area contributed by atoms with Gasteiger partial charge >= 0.3 is 0 Å². The van der Waals surface area contributed by atoms with Crippen molar-refractivity contribution in [2.75, 3.05) is 5.73 Å². The average Bonchev–Trinajstić information content (AvgIpc) is 2.72. The second kappa shape index (κ2) is 4.59. The number of nitrogens with two attached hydrogens (primary N) is 1. The molecular formula is C10H9ClN2OS. The zero-order chi connectivity index (χ0) is 10.7. The highest BCUT2D eigenvalue weighted by Gasteiger charge is 2.03. The molecule has 0 saturated heterocycles. The number of oxazole rings is 1. The van der Waals surface area contributed by atoms with Gasteiger partial charge in [0.15, 0.2) is 0 Å². The van der Waals surface area contributed by atoms with Crippen molar-refractivity contribution >= 4 is 29.1 Å². The Kier molecular flexibility index (Phi) is 3.18. The first kappa shape index (κ1) is 10.4. The SMILES string of the molecule is Nc1ccc(Cl)cc1CSc1ncco1. The Labute approximate surface area is 96.6 Å². The number of anilines is 1. The summed E-state index contributed by atoms with van der Waals surface area (Å²) in [4.78, 5) is 4.01. The minimum atomic E-state index is 0.634. The van der Waals surface area contributed by atoms with Crippen LogP contribution in [0.1, 0.15) is 5.56 Å². The standard InChI is InChI=1S/C10H9ClN2OS/c11-8-1-2-9(12)7(5-8)6-15-10-13-3-4-14-10/h1-5H,6,12H2. The minimum Gasteiger partial charge on any atom is -0.440 e. The fraction of sp³-hybridized carbons (Fsp3) is 0.100. The number of halogens is 1. The van der Waals surface area contributed by atoms with Crippen molar-refractivity contribution in [3.05, 3.63) is 41.2 Å². The first-order valence-corrected chi connectivity index (χ1v) is 5.68. The third-order valence-electron chi connectivity index (χ3n) is 1.87. The molecule has 0 atom stereocenters. The van der Waals surface area contributed by atoms with E-state index in [2.05, 4.69) is 4.98 Å². The van der Waals surface area contributed by atoms with Crippen LogP contribution in [0, 0.1) is 0 Å². The predicted molar refractivity (Wildman–Crippen MR) is 61.9 cm³/mol. The molecule has 2 aromatic rings. The van der Waals surface area contributed by atoms with Crippen molar-refractivity contribution in [3.8, 4) is 0 Å². The molecule has 0 amide bonds. The lowest BCUT2D eigenvalue weighted by Gasteiger charge is -2.03. The van der Waals surface area contributed by atoms with Gasteiger partial charge in [-0.15, -0.1) is 0 Å². The van der Waals surface area contributed by atoms with Gasteiger partial charge in [0.1, 0.15) is 6.26 Å². The molecule has 1 aromatic heterocycles. The van der Waals surface area contributed by atoms with Crippen LogP contribution in [0.15, 0.2) is 40.3 Å². The topological polar surface area (TPSA) is 52.0 Å². The maximum atomic E-state index is 5.87. The van der Waals surface area contributed by atoms with E-state index in [1.807, 2.05) is 6.07 Å². The number of nitrogens with zero attached hydrogens (tertiary/aromatic N) is 1. The van der Waals surface area contributed by atoms with E-state index in [-0.39, 0.29) is 0 Å². The van der Waals surface area contributed by atoms with Gasteiger partial charge < -0.3 is 10.2 Å². The number of benzene rings is 1. The Bertz CT molecular complexity index is 445. The van der Waals surface area contributed by atoms with Crippen LogP contribution in [0.25, 0.3) is 0 Å². The van der Waals surface area contributed by atoms with Crippen LogP contribution in [0.4, 0.5) is 5.69 Å². The Balaban J connectivity index is 2.07. The molecule has 78 valence electrons. The average molecular weight is 241 g/mol. The summed E-state index contributed by atoms with van der Waals surface area (Å²) in [6.45, 7) is 0. The van der Waals surface area contributed by atoms with Gasteiger partial charge in [0.25, 0.3) is 5.22 Å². The summed E-state index contributed by atoms with van der Waals surface area (Å²) in [5.41, 5.74) is 7.53. The molecule has 0 aliphatic heterocycles. The highest BCUT2D eigenvalue weighted by molar-refractivity contribution is 7.98. The van der Waals surface area contributed by atoms with Crippen molar-refractivity contribution in [2.24, 2.45) is 0 Å². The molecule has 15 heavy (non-hydrogen) atoms. The van der Waals surface area contributed by atoms with Gasteiger partial charge in [0, 0.05) is 16.5 Å². The minimum absolute atomic E-state index is 0.634. The summed E-state index contributed by atoms with van der Waals surface area (Å²) in [6.07, 6.45) is 3.16. The van der Waals surface area contributed by atoms with Gasteiger partial charge in [0.2, 0.25) is 0 Å². The van der Waals surface area contributed by atoms with Crippen LogP contribution in [-0.2, 0) is 5.75 Å². The normalized spacial score (nSPS) is 10.5. The highest BCUT2D eigenvalue weighted by Crippen LogP contribution is 2.26. The van der Waals surface area contributed by atoms with Crippen LogP contribution >= 0.6 is 23.4 Å². The molecule has 2 rings (SSSR count). The molecule has 2 N–H and O–H groups in total. The van der Waals surface area contributed by atoms with Crippen LogP contribution in [0.5, 0.6) is 0 Å². The van der Waals surface area contributed by atoms with Gasteiger partial charge in [-0.1, -0.05) is 23.4 Å². The molecule has 0 aliphatic carbocycles. The fourth-order valence-electron chi connectivity index (χ4n) is 1.12. The number of aromatic nitrogens is 1. The lowest BCUT2D eigenvalue weighted by molar-refractivity contribution is 0.454. The van der Waals surface area contributed by atoms with Crippen LogP contribution in [-0.4, -0.2) is 4.98 Å². The van der Waals surface area contributed by atoms with E-state index in [1.54, 1.807) is 24.6 Å². The first-order chi connectivity index (χ1) is 7.25. The molecule has 0 aliphatic rings. The highest BCUT2D eigenvalue weighted by atomic mass is 35.5. The van der Waals surface area contributed by atoms with Crippen molar-refractivity contribution in [3.63, 3.8) is 0 Å². The molecular weight excluding hydrogens is 232 g/mol. The van der Waals surface area contributed by atoms with Crippen molar-refractivity contribution < 1.29 is 4.42 Å². The monoisotopic (exact) mass is 240 g/mol. The lowest BCUT2D eigenvalue weighted by atomic mass is 10.2. The summed E-state index contributed by atoms with van der Waals surface area (Å²) in [7, 11) is 0. The molecule has 0 spiro atoms. The smallest absolute Gasteiger partial charge is 0.255 e. The number of nitrogen functional groups attached to an aromatic ring is 1. The van der Waals surface area contributed by atoms with E-state index in [1.165, 1.54) is 11.8 Å². The molecule has 0 saturated carbocycles. The zero-order valence-electron chi connectivity index (χ0n) is 7.81. The third-order valence-corrected chi connectivity index (χ3v) is 3.00. The summed E-state index contributed by atoms with van der Waals surface area (Å²) < 4.78 is 5.10. The van der Waals surface area contributed by atoms with Crippen LogP contribution in [0.2, 0.25) is 5.02 Å². The Morgan fingerprint density at radius 2 is 2.33 bits per heavy atom. The number of thioether (sulfide) groups is 1. The molecule has 0 unspecified atom stereocenters. The summed E-state index contributed by atoms with van der Waals surface area (Å²) >= 11 is 7.36. The van der Waals surface area contributed by atoms with E-state index in [9.17, 15) is 0 Å². The fourth-order valence-corrected chi connectivity index (χ4v) is 2.10. The van der Waals surface area contributed by atoms with Crippen molar-refractivity contribution in [1.29, 1.82) is 0 Å². The Morgan fingerprint density at radius 3 is 3.07 bits per heavy atom. The second-order valence-corrected chi connectivity index (χ2v) is 4.29. The second-order valence-electron chi connectivity index (χ2n) is 2.93. The predicted octanol–water partition coefficient (Wildman–Crippen LogP) is 3.20. The summed E-state index contributed by atoms with van der Waals surface area (Å²) in [5.74, 6) is 0.701. The maximum Gasteiger partial charge on any atom is 0.255 e. The Morgan fingerprint density at radius 1 is 1.47 bits per heavy atom. The van der Waals surface area contributed by atoms with Crippen LogP contribution < -0.4 is 5.73 Å². The first-order valence-electron chi connectivity index (χ1n) is 4.32. The molecule has 0 fully saturated rings. The van der Waals surface area contributed by atoms with E-state index >= 15 is 0 Å². The summed E-state index contributed by atoms with van der Waals surface area (Å²) in [5, 5.41) is 1.32. The largest absolute Gasteiger partial charge is 0.440 e. The third kappa shape index (κ3) is 2.67. The van der Waals surface area contributed by atoms with E-state index in [0.717, 1.165) is 11.3 Å². The number of hydrogen-bond donors (Lipinski definition) is 1. The molecule has 0 bridgehead atoms. The molecule has 3 nitrogen and oxygen atoms in total. The van der Waals surface area contributed by atoms with Gasteiger partial charge in [0.05, 0.1) is 6.20 Å². The quantitative estimate of drug-likeness (QED) is 0.661. The van der Waals surface area contributed by atoms with Crippen molar-refractivity contribution in [2.45, 2.75) is 11.0 Å². The summed E-state index contributed by atoms with van der Waals surface area (Å²) in [6, 6.07) is 5.43. The van der Waals surface area contributed by atoms with E-state index < -0.39 is 0 Å². The van der Waals surface area contributed by atoms with Gasteiger partial charge in [-0.05, 0) is 23.8 Å². The van der Waals surface area contributed by atoms with Crippen molar-refractivity contribution in [1.82, 2.24) is 4.98 Å². The van der Waals surface area contributed by atoms with E-state index in [4.69, 9.17) is 21.8 Å². The Hall–Kier alpha value is -1.13. The molecule has 5 heteroatoms. The molecule has 1 aromatic carbocycles. The zero-order valence-corrected chi connectivity index (χ0v) is 9.39. The lowest BCUT2D eigenvalue weighted by Crippen LogP contribution is -1.92. The molecule has 0 radical (unpaired) electrons. The van der Waals surface area contributed by atoms with Gasteiger partial charge in [-0.3, -0.25) is 0 Å². The number of rotatable bonds is 3. The van der Waals surface area contributed by atoms with E-state index in [0.29, 0.717) is 16.0 Å². The maximum absolute atomic E-state index is 5.87. The molecule has 1 heterocycles. The van der Waals surface area contributed by atoms with Crippen LogP contribution in [0.3, 0.4) is 0 Å². The number of hydrogen-bond acceptors (Lipinski definition) is 4. The van der Waals surface area contributed by atoms with Gasteiger partial charge in [-0.2, -0.15) is 0 Å².